The zero-order chi connectivity index (χ0) is 15.5. The van der Waals surface area contributed by atoms with Gasteiger partial charge in [0.25, 0.3) is 10.0 Å². The summed E-state index contributed by atoms with van der Waals surface area (Å²) in [7, 11) is -3.85. The summed E-state index contributed by atoms with van der Waals surface area (Å²) in [6, 6.07) is 6.19. The molecular weight excluding hydrogens is 336 g/mol. The normalized spacial score (nSPS) is 11.1. The molecule has 0 aliphatic rings. The van der Waals surface area contributed by atoms with Crippen LogP contribution in [-0.4, -0.2) is 26.0 Å². The first-order valence-electron chi connectivity index (χ1n) is 5.84. The van der Waals surface area contributed by atoms with Gasteiger partial charge >= 0.3 is 5.97 Å². The van der Waals surface area contributed by atoms with Gasteiger partial charge in [-0.1, -0.05) is 35.1 Å². The quantitative estimate of drug-likeness (QED) is 0.841. The van der Waals surface area contributed by atoms with Crippen LogP contribution in [0.2, 0.25) is 4.47 Å². The lowest BCUT2D eigenvalue weighted by molar-refractivity contribution is 0.0527. The Morgan fingerprint density at radius 3 is 2.76 bits per heavy atom. The molecule has 0 fully saturated rings. The first kappa shape index (κ1) is 15.7. The summed E-state index contributed by atoms with van der Waals surface area (Å²) in [6.07, 6.45) is 1.16. The van der Waals surface area contributed by atoms with E-state index in [-0.39, 0.29) is 26.5 Å². The molecule has 0 saturated carbocycles. The Bertz CT molecular complexity index is 758. The molecule has 0 radical (unpaired) electrons. The Morgan fingerprint density at radius 2 is 2.14 bits per heavy atom. The molecular formula is C12H11ClN2O4S2. The SMILES string of the molecule is CCOC(=O)c1ccccc1NS(=O)(=O)c1cnc(Cl)s1. The lowest BCUT2D eigenvalue weighted by atomic mass is 10.2. The number of para-hydroxylation sites is 1. The predicted octanol–water partition coefficient (Wildman–Crippen LogP) is 2.77. The summed E-state index contributed by atoms with van der Waals surface area (Å²) in [5.41, 5.74) is 0.277. The number of ether oxygens (including phenoxy) is 1. The minimum Gasteiger partial charge on any atom is -0.462 e. The number of aromatic nitrogens is 1. The van der Waals surface area contributed by atoms with Crippen molar-refractivity contribution >= 4 is 44.6 Å². The third-order valence-corrected chi connectivity index (χ3v) is 5.33. The fourth-order valence-electron chi connectivity index (χ4n) is 1.52. The molecule has 6 nitrogen and oxygen atoms in total. The highest BCUT2D eigenvalue weighted by Gasteiger charge is 2.21. The van der Waals surface area contributed by atoms with Gasteiger partial charge in [-0.05, 0) is 19.1 Å². The highest BCUT2D eigenvalue weighted by Crippen LogP contribution is 2.26. The Hall–Kier alpha value is -1.64. The lowest BCUT2D eigenvalue weighted by Crippen LogP contribution is -2.15. The fourth-order valence-corrected chi connectivity index (χ4v) is 3.89. The molecule has 21 heavy (non-hydrogen) atoms. The molecule has 9 heteroatoms. The van der Waals surface area contributed by atoms with E-state index in [1.54, 1.807) is 19.1 Å². The van der Waals surface area contributed by atoms with Crippen molar-refractivity contribution in [2.75, 3.05) is 11.3 Å². The summed E-state index contributed by atoms with van der Waals surface area (Å²) in [4.78, 5) is 15.5. The molecule has 2 rings (SSSR count). The Morgan fingerprint density at radius 1 is 1.43 bits per heavy atom. The van der Waals surface area contributed by atoms with E-state index in [2.05, 4.69) is 9.71 Å². The summed E-state index contributed by atoms with van der Waals surface area (Å²) in [5, 5.41) is 0. The monoisotopic (exact) mass is 346 g/mol. The molecule has 0 bridgehead atoms. The van der Waals surface area contributed by atoms with E-state index in [4.69, 9.17) is 16.3 Å². The van der Waals surface area contributed by atoms with Crippen molar-refractivity contribution in [3.8, 4) is 0 Å². The van der Waals surface area contributed by atoms with Gasteiger partial charge in [0.05, 0.1) is 24.1 Å². The number of hydrogen-bond acceptors (Lipinski definition) is 6. The van der Waals surface area contributed by atoms with E-state index >= 15 is 0 Å². The van der Waals surface area contributed by atoms with Crippen LogP contribution in [0.4, 0.5) is 5.69 Å². The summed E-state index contributed by atoms with van der Waals surface area (Å²) >= 11 is 6.46. The van der Waals surface area contributed by atoms with Crippen molar-refractivity contribution in [3.63, 3.8) is 0 Å². The molecule has 1 heterocycles. The third kappa shape index (κ3) is 3.72. The molecule has 1 aromatic carbocycles. The van der Waals surface area contributed by atoms with Gasteiger partial charge in [-0.2, -0.15) is 0 Å². The zero-order valence-electron chi connectivity index (χ0n) is 10.9. The first-order chi connectivity index (χ1) is 9.94. The first-order valence-corrected chi connectivity index (χ1v) is 8.52. The van der Waals surface area contributed by atoms with Crippen LogP contribution in [0.5, 0.6) is 0 Å². The second-order valence-corrected chi connectivity index (χ2v) is 7.33. The molecule has 0 unspecified atom stereocenters. The van der Waals surface area contributed by atoms with Crippen LogP contribution < -0.4 is 4.72 Å². The molecule has 0 aliphatic heterocycles. The minimum atomic E-state index is -3.85. The summed E-state index contributed by atoms with van der Waals surface area (Å²) < 4.78 is 31.7. The number of carbonyl (C=O) groups is 1. The fraction of sp³-hybridized carbons (Fsp3) is 0.167. The van der Waals surface area contributed by atoms with Gasteiger partial charge in [0.2, 0.25) is 0 Å². The number of halogens is 1. The average molecular weight is 347 g/mol. The van der Waals surface area contributed by atoms with Crippen LogP contribution in [0.15, 0.2) is 34.7 Å². The highest BCUT2D eigenvalue weighted by molar-refractivity contribution is 7.94. The van der Waals surface area contributed by atoms with Gasteiger partial charge in [0.15, 0.2) is 8.68 Å². The van der Waals surface area contributed by atoms with Crippen molar-refractivity contribution in [2.24, 2.45) is 0 Å². The van der Waals surface area contributed by atoms with E-state index < -0.39 is 16.0 Å². The minimum absolute atomic E-state index is 0.0360. The Labute approximate surface area is 130 Å². The molecule has 0 atom stereocenters. The molecule has 1 aromatic heterocycles. The Kier molecular flexibility index (Phi) is 4.81. The molecule has 0 aliphatic carbocycles. The van der Waals surface area contributed by atoms with E-state index in [1.165, 1.54) is 12.1 Å². The number of thiazole rings is 1. The molecule has 0 spiro atoms. The number of nitrogens with zero attached hydrogens (tertiary/aromatic N) is 1. The van der Waals surface area contributed by atoms with Crippen molar-refractivity contribution < 1.29 is 17.9 Å². The number of nitrogens with one attached hydrogen (secondary N) is 1. The van der Waals surface area contributed by atoms with Gasteiger partial charge in [0, 0.05) is 0 Å². The summed E-state index contributed by atoms with van der Waals surface area (Å²) in [5.74, 6) is -0.599. The van der Waals surface area contributed by atoms with Crippen molar-refractivity contribution in [3.05, 3.63) is 40.5 Å². The topological polar surface area (TPSA) is 85.4 Å². The molecule has 2 aromatic rings. The van der Waals surface area contributed by atoms with Gasteiger partial charge in [-0.15, -0.1) is 0 Å². The van der Waals surface area contributed by atoms with Gasteiger partial charge in [0.1, 0.15) is 0 Å². The zero-order valence-corrected chi connectivity index (χ0v) is 13.3. The van der Waals surface area contributed by atoms with Crippen LogP contribution >= 0.6 is 22.9 Å². The van der Waals surface area contributed by atoms with E-state index in [1.807, 2.05) is 0 Å². The number of carbonyl (C=O) groups excluding carboxylic acids is 1. The number of hydrogen-bond donors (Lipinski definition) is 1. The number of benzene rings is 1. The summed E-state index contributed by atoms with van der Waals surface area (Å²) in [6.45, 7) is 1.87. The van der Waals surface area contributed by atoms with Crippen molar-refractivity contribution in [1.29, 1.82) is 0 Å². The lowest BCUT2D eigenvalue weighted by Gasteiger charge is -2.10. The number of esters is 1. The molecule has 0 saturated heterocycles. The van der Waals surface area contributed by atoms with Crippen molar-refractivity contribution in [1.82, 2.24) is 4.98 Å². The standard InChI is InChI=1S/C12H11ClN2O4S2/c1-2-19-11(16)8-5-3-4-6-9(8)15-21(17,18)10-7-14-12(13)20-10/h3-7,15H,2H2,1H3. The van der Waals surface area contributed by atoms with Crippen LogP contribution in [-0.2, 0) is 14.8 Å². The van der Waals surface area contributed by atoms with E-state index in [0.717, 1.165) is 17.5 Å². The van der Waals surface area contributed by atoms with Crippen LogP contribution in [0.1, 0.15) is 17.3 Å². The maximum Gasteiger partial charge on any atom is 0.340 e. The van der Waals surface area contributed by atoms with Gasteiger partial charge < -0.3 is 4.74 Å². The van der Waals surface area contributed by atoms with Crippen LogP contribution in [0.25, 0.3) is 0 Å². The van der Waals surface area contributed by atoms with E-state index in [0.29, 0.717) is 0 Å². The predicted molar refractivity (Wildman–Crippen MR) is 80.3 cm³/mol. The van der Waals surface area contributed by atoms with Gasteiger partial charge in [-0.25, -0.2) is 18.2 Å². The molecule has 0 amide bonds. The second-order valence-electron chi connectivity index (χ2n) is 3.80. The molecule has 1 N–H and O–H groups in total. The maximum absolute atomic E-state index is 12.2. The van der Waals surface area contributed by atoms with Crippen LogP contribution in [0, 0.1) is 0 Å². The number of anilines is 1. The smallest absolute Gasteiger partial charge is 0.340 e. The number of rotatable bonds is 5. The van der Waals surface area contributed by atoms with E-state index in [9.17, 15) is 13.2 Å². The maximum atomic E-state index is 12.2. The Balaban J connectivity index is 2.33. The second kappa shape index (κ2) is 6.42. The van der Waals surface area contributed by atoms with Crippen LogP contribution in [0.3, 0.4) is 0 Å². The number of sulfonamides is 1. The average Bonchev–Trinajstić information content (AvgIpc) is 2.87. The highest BCUT2D eigenvalue weighted by atomic mass is 35.5. The van der Waals surface area contributed by atoms with Crippen molar-refractivity contribution in [2.45, 2.75) is 11.1 Å². The largest absolute Gasteiger partial charge is 0.462 e. The third-order valence-electron chi connectivity index (χ3n) is 2.39. The molecule has 112 valence electrons. The van der Waals surface area contributed by atoms with Gasteiger partial charge in [-0.3, -0.25) is 4.72 Å².